The quantitative estimate of drug-likeness (QED) is 0.689. The van der Waals surface area contributed by atoms with Crippen LogP contribution in [-0.2, 0) is 14.8 Å². The van der Waals surface area contributed by atoms with E-state index in [2.05, 4.69) is 20.5 Å². The first-order chi connectivity index (χ1) is 10.3. The minimum absolute atomic E-state index is 0.0115. The molecule has 10 heteroatoms. The summed E-state index contributed by atoms with van der Waals surface area (Å²) in [5.74, 6) is 0.478. The van der Waals surface area contributed by atoms with Crippen LogP contribution in [0.5, 0.6) is 0 Å². The number of aromatic nitrogens is 3. The van der Waals surface area contributed by atoms with Gasteiger partial charge >= 0.3 is 0 Å². The van der Waals surface area contributed by atoms with Crippen molar-refractivity contribution in [3.63, 3.8) is 0 Å². The van der Waals surface area contributed by atoms with E-state index in [4.69, 9.17) is 5.14 Å². The highest BCUT2D eigenvalue weighted by atomic mass is 32.2. The van der Waals surface area contributed by atoms with Crippen LogP contribution in [0.15, 0.2) is 28.3 Å². The molecule has 118 valence electrons. The van der Waals surface area contributed by atoms with Crippen molar-refractivity contribution in [1.82, 2.24) is 15.2 Å². The summed E-state index contributed by atoms with van der Waals surface area (Å²) >= 11 is 1.17. The van der Waals surface area contributed by atoms with Gasteiger partial charge in [0.2, 0.25) is 21.1 Å². The second-order valence-corrected chi connectivity index (χ2v) is 7.04. The lowest BCUT2D eigenvalue weighted by atomic mass is 10.2. The fraction of sp³-hybridized carbons (Fsp3) is 0.250. The van der Waals surface area contributed by atoms with Crippen molar-refractivity contribution >= 4 is 33.4 Å². The highest BCUT2D eigenvalue weighted by Gasteiger charge is 2.13. The third-order valence-corrected chi connectivity index (χ3v) is 4.59. The first-order valence-electron chi connectivity index (χ1n) is 6.21. The molecule has 0 unspecified atom stereocenters. The number of primary sulfonamides is 1. The number of H-pyrrole nitrogens is 1. The molecule has 0 saturated heterocycles. The van der Waals surface area contributed by atoms with E-state index in [1.165, 1.54) is 17.8 Å². The summed E-state index contributed by atoms with van der Waals surface area (Å²) in [6.45, 7) is 3.39. The standard InChI is InChI=1S/C12H15N5O3S2/c1-7-3-4-9(5-10(7)22(13,19)20)15-11(18)6-21-12-14-8(2)16-17-12/h3-5H,6H2,1-2H3,(H,15,18)(H2,13,19,20)(H,14,16,17). The maximum Gasteiger partial charge on any atom is 0.238 e. The summed E-state index contributed by atoms with van der Waals surface area (Å²) in [7, 11) is -3.82. The molecule has 0 fully saturated rings. The monoisotopic (exact) mass is 341 g/mol. The number of amides is 1. The maximum absolute atomic E-state index is 11.9. The van der Waals surface area contributed by atoms with Crippen LogP contribution in [0.3, 0.4) is 0 Å². The zero-order valence-corrected chi connectivity index (χ0v) is 13.6. The molecule has 2 rings (SSSR count). The third-order valence-electron chi connectivity index (χ3n) is 2.69. The van der Waals surface area contributed by atoms with Gasteiger partial charge in [-0.2, -0.15) is 0 Å². The van der Waals surface area contributed by atoms with Crippen LogP contribution in [0.25, 0.3) is 0 Å². The summed E-state index contributed by atoms with van der Waals surface area (Å²) in [4.78, 5) is 15.9. The lowest BCUT2D eigenvalue weighted by Crippen LogP contribution is -2.17. The highest BCUT2D eigenvalue weighted by Crippen LogP contribution is 2.19. The molecule has 8 nitrogen and oxygen atoms in total. The molecule has 0 aliphatic heterocycles. The van der Waals surface area contributed by atoms with Crippen molar-refractivity contribution in [2.45, 2.75) is 23.9 Å². The third kappa shape index (κ3) is 4.29. The van der Waals surface area contributed by atoms with E-state index in [0.29, 0.717) is 22.2 Å². The number of rotatable bonds is 5. The molecule has 0 atom stereocenters. The number of nitrogens with one attached hydrogen (secondary N) is 2. The van der Waals surface area contributed by atoms with Crippen LogP contribution in [0.1, 0.15) is 11.4 Å². The molecular weight excluding hydrogens is 326 g/mol. The Kier molecular flexibility index (Phi) is 4.84. The Labute approximate surface area is 132 Å². The number of carbonyl (C=O) groups is 1. The zero-order chi connectivity index (χ0) is 16.3. The number of benzene rings is 1. The smallest absolute Gasteiger partial charge is 0.238 e. The Morgan fingerprint density at radius 3 is 2.73 bits per heavy atom. The SMILES string of the molecule is Cc1nc(SCC(=O)Nc2ccc(C)c(S(N)(=O)=O)c2)n[nH]1. The van der Waals surface area contributed by atoms with Gasteiger partial charge in [0.15, 0.2) is 0 Å². The Bertz CT molecular complexity index is 801. The molecule has 0 bridgehead atoms. The number of aryl methyl sites for hydroxylation is 2. The number of sulfonamides is 1. The van der Waals surface area contributed by atoms with Gasteiger partial charge in [-0.1, -0.05) is 17.8 Å². The van der Waals surface area contributed by atoms with Gasteiger partial charge in [0.1, 0.15) is 5.82 Å². The summed E-state index contributed by atoms with van der Waals surface area (Å²) in [6.07, 6.45) is 0. The Hall–Kier alpha value is -1.91. The van der Waals surface area contributed by atoms with Gasteiger partial charge in [-0.05, 0) is 31.5 Å². The summed E-state index contributed by atoms with van der Waals surface area (Å²) < 4.78 is 22.9. The van der Waals surface area contributed by atoms with Crippen molar-refractivity contribution in [2.75, 3.05) is 11.1 Å². The van der Waals surface area contributed by atoms with Crippen LogP contribution in [-0.4, -0.2) is 35.3 Å². The molecule has 1 aromatic heterocycles. The maximum atomic E-state index is 11.9. The number of carbonyl (C=O) groups excluding carboxylic acids is 1. The molecule has 0 radical (unpaired) electrons. The number of hydrogen-bond acceptors (Lipinski definition) is 6. The van der Waals surface area contributed by atoms with E-state index >= 15 is 0 Å². The average Bonchev–Trinajstić information content (AvgIpc) is 2.83. The molecular formula is C12H15N5O3S2. The van der Waals surface area contributed by atoms with Crippen LogP contribution in [0.2, 0.25) is 0 Å². The van der Waals surface area contributed by atoms with Gasteiger partial charge in [-0.3, -0.25) is 9.89 Å². The van der Waals surface area contributed by atoms with Crippen molar-refractivity contribution in [3.8, 4) is 0 Å². The normalized spacial score (nSPS) is 11.4. The van der Waals surface area contributed by atoms with Gasteiger partial charge in [0.05, 0.1) is 10.6 Å². The minimum Gasteiger partial charge on any atom is -0.325 e. The van der Waals surface area contributed by atoms with E-state index in [0.717, 1.165) is 0 Å². The number of nitrogens with two attached hydrogens (primary N) is 1. The summed E-state index contributed by atoms with van der Waals surface area (Å²) in [5, 5.41) is 14.8. The largest absolute Gasteiger partial charge is 0.325 e. The molecule has 22 heavy (non-hydrogen) atoms. The summed E-state index contributed by atoms with van der Waals surface area (Å²) in [6, 6.07) is 4.54. The van der Waals surface area contributed by atoms with Crippen molar-refractivity contribution in [3.05, 3.63) is 29.6 Å². The lowest BCUT2D eigenvalue weighted by molar-refractivity contribution is -0.113. The number of aromatic amines is 1. The number of anilines is 1. The van der Waals surface area contributed by atoms with Crippen LogP contribution < -0.4 is 10.5 Å². The minimum atomic E-state index is -3.82. The lowest BCUT2D eigenvalue weighted by Gasteiger charge is -2.08. The molecule has 2 aromatic rings. The predicted octanol–water partition coefficient (Wildman–Crippen LogP) is 0.800. The van der Waals surface area contributed by atoms with Gasteiger partial charge in [-0.25, -0.2) is 18.5 Å². The molecule has 1 aromatic carbocycles. The van der Waals surface area contributed by atoms with E-state index in [9.17, 15) is 13.2 Å². The molecule has 0 saturated carbocycles. The van der Waals surface area contributed by atoms with E-state index in [-0.39, 0.29) is 16.6 Å². The Morgan fingerprint density at radius 1 is 1.41 bits per heavy atom. The molecule has 4 N–H and O–H groups in total. The van der Waals surface area contributed by atoms with Gasteiger partial charge < -0.3 is 5.32 Å². The predicted molar refractivity (Wildman–Crippen MR) is 83.0 cm³/mol. The topological polar surface area (TPSA) is 131 Å². The molecule has 1 amide bonds. The second-order valence-electron chi connectivity index (χ2n) is 4.57. The van der Waals surface area contributed by atoms with Crippen molar-refractivity contribution < 1.29 is 13.2 Å². The van der Waals surface area contributed by atoms with Crippen LogP contribution >= 0.6 is 11.8 Å². The fourth-order valence-corrected chi connectivity index (χ4v) is 3.15. The van der Waals surface area contributed by atoms with Crippen molar-refractivity contribution in [1.29, 1.82) is 0 Å². The zero-order valence-electron chi connectivity index (χ0n) is 12.0. The fourth-order valence-electron chi connectivity index (χ4n) is 1.70. The van der Waals surface area contributed by atoms with Crippen LogP contribution in [0, 0.1) is 13.8 Å². The number of nitrogens with zero attached hydrogens (tertiary/aromatic N) is 2. The summed E-state index contributed by atoms with van der Waals surface area (Å²) in [5.41, 5.74) is 0.887. The van der Waals surface area contributed by atoms with Gasteiger partial charge in [0, 0.05) is 5.69 Å². The van der Waals surface area contributed by atoms with Gasteiger partial charge in [0.25, 0.3) is 0 Å². The van der Waals surface area contributed by atoms with E-state index < -0.39 is 10.0 Å². The van der Waals surface area contributed by atoms with E-state index in [1.54, 1.807) is 26.0 Å². The number of hydrogen-bond donors (Lipinski definition) is 3. The Morgan fingerprint density at radius 2 is 2.14 bits per heavy atom. The highest BCUT2D eigenvalue weighted by molar-refractivity contribution is 7.99. The molecule has 0 spiro atoms. The van der Waals surface area contributed by atoms with E-state index in [1.807, 2.05) is 0 Å². The molecule has 0 aliphatic carbocycles. The molecule has 0 aliphatic rings. The van der Waals surface area contributed by atoms with Gasteiger partial charge in [-0.15, -0.1) is 5.10 Å². The first kappa shape index (κ1) is 16.5. The van der Waals surface area contributed by atoms with Crippen LogP contribution in [0.4, 0.5) is 5.69 Å². The Balaban J connectivity index is 2.02. The van der Waals surface area contributed by atoms with Crippen molar-refractivity contribution in [2.24, 2.45) is 5.14 Å². The molecule has 1 heterocycles. The first-order valence-corrected chi connectivity index (χ1v) is 8.74. The average molecular weight is 341 g/mol. The second kappa shape index (κ2) is 6.46. The number of thioether (sulfide) groups is 1.